The van der Waals surface area contributed by atoms with Gasteiger partial charge in [0.1, 0.15) is 18.0 Å². The van der Waals surface area contributed by atoms with Gasteiger partial charge in [-0.15, -0.1) is 0 Å². The molecule has 3 unspecified atom stereocenters. The van der Waals surface area contributed by atoms with Crippen LogP contribution >= 0.6 is 0 Å². The van der Waals surface area contributed by atoms with Crippen LogP contribution in [0.5, 0.6) is 0 Å². The lowest BCUT2D eigenvalue weighted by molar-refractivity contribution is -0.138. The molecule has 0 bridgehead atoms. The van der Waals surface area contributed by atoms with Gasteiger partial charge in [-0.3, -0.25) is 9.59 Å². The number of β-amino-alcohol motifs (C(OH)–C–C–N with tert-alkyl or cyclic N) is 1. The second kappa shape index (κ2) is 9.70. The number of benzene rings is 2. The number of aliphatic hydroxyl groups excluding tert-OH is 1. The number of nitrogens with one attached hydrogen (secondary N) is 1. The molecule has 4 rings (SSSR count). The second-order valence-corrected chi connectivity index (χ2v) is 8.73. The number of rotatable bonds is 6. The van der Waals surface area contributed by atoms with Crippen molar-refractivity contribution in [3.63, 3.8) is 0 Å². The van der Waals surface area contributed by atoms with E-state index in [9.17, 15) is 19.1 Å². The molecular weight excluding hydrogens is 425 g/mol. The third kappa shape index (κ3) is 5.22. The van der Waals surface area contributed by atoms with Crippen LogP contribution in [0.25, 0.3) is 0 Å². The Labute approximate surface area is 192 Å². The Balaban J connectivity index is 1.32. The van der Waals surface area contributed by atoms with E-state index >= 15 is 0 Å². The number of carbonyl (C=O) groups excluding carboxylic acids is 2. The smallest absolute Gasteiger partial charge is 0.243 e. The van der Waals surface area contributed by atoms with E-state index in [2.05, 4.69) is 23.5 Å². The fourth-order valence-corrected chi connectivity index (χ4v) is 4.21. The molecule has 2 aliphatic rings. The predicted octanol–water partition coefficient (Wildman–Crippen LogP) is 2.26. The highest BCUT2D eigenvalue weighted by Crippen LogP contribution is 2.22. The third-order valence-corrected chi connectivity index (χ3v) is 6.28. The van der Waals surface area contributed by atoms with Gasteiger partial charge in [0, 0.05) is 19.4 Å². The first kappa shape index (κ1) is 22.9. The Morgan fingerprint density at radius 2 is 2.00 bits per heavy atom. The van der Waals surface area contributed by atoms with Gasteiger partial charge >= 0.3 is 0 Å². The van der Waals surface area contributed by atoms with E-state index in [1.54, 1.807) is 18.2 Å². The summed E-state index contributed by atoms with van der Waals surface area (Å²) in [4.78, 5) is 32.4. The minimum Gasteiger partial charge on any atom is -0.391 e. The van der Waals surface area contributed by atoms with Crippen molar-refractivity contribution in [1.29, 1.82) is 0 Å². The largest absolute Gasteiger partial charge is 0.391 e. The zero-order valence-electron chi connectivity index (χ0n) is 18.8. The van der Waals surface area contributed by atoms with Gasteiger partial charge in [0.15, 0.2) is 0 Å². The highest BCUT2D eigenvalue weighted by atomic mass is 19.1. The second-order valence-electron chi connectivity index (χ2n) is 8.73. The SMILES string of the molecule is Cc1ccc(C2=NOC(CNC(=O)C3CC(O)CN3C(=O)Cc3ccccc3F)C2)cc1C. The fraction of sp³-hybridized carbons (Fsp3) is 0.400. The lowest BCUT2D eigenvalue weighted by Gasteiger charge is -2.24. The quantitative estimate of drug-likeness (QED) is 0.702. The van der Waals surface area contributed by atoms with Crippen LogP contribution in [0.2, 0.25) is 0 Å². The van der Waals surface area contributed by atoms with Crippen LogP contribution in [0.3, 0.4) is 0 Å². The average Bonchev–Trinajstić information content (AvgIpc) is 3.42. The van der Waals surface area contributed by atoms with Gasteiger partial charge in [-0.1, -0.05) is 35.5 Å². The number of amides is 2. The maximum Gasteiger partial charge on any atom is 0.243 e. The van der Waals surface area contributed by atoms with E-state index in [1.807, 2.05) is 19.1 Å². The first-order chi connectivity index (χ1) is 15.8. The Bertz CT molecular complexity index is 1090. The Morgan fingerprint density at radius 3 is 2.76 bits per heavy atom. The molecule has 0 radical (unpaired) electrons. The topological polar surface area (TPSA) is 91.2 Å². The fourth-order valence-electron chi connectivity index (χ4n) is 4.21. The average molecular weight is 454 g/mol. The van der Waals surface area contributed by atoms with E-state index in [4.69, 9.17) is 4.84 Å². The molecular formula is C25H28FN3O4. The maximum atomic E-state index is 13.9. The Morgan fingerprint density at radius 1 is 1.21 bits per heavy atom. The molecule has 0 aromatic heterocycles. The van der Waals surface area contributed by atoms with Gasteiger partial charge < -0.3 is 20.2 Å². The Kier molecular flexibility index (Phi) is 6.74. The van der Waals surface area contributed by atoms with Crippen LogP contribution < -0.4 is 5.32 Å². The summed E-state index contributed by atoms with van der Waals surface area (Å²) in [7, 11) is 0. The molecule has 1 saturated heterocycles. The zero-order valence-corrected chi connectivity index (χ0v) is 18.8. The molecule has 2 heterocycles. The lowest BCUT2D eigenvalue weighted by Crippen LogP contribution is -2.48. The molecule has 174 valence electrons. The highest BCUT2D eigenvalue weighted by molar-refractivity contribution is 6.01. The molecule has 8 heteroatoms. The first-order valence-electron chi connectivity index (χ1n) is 11.1. The van der Waals surface area contributed by atoms with Gasteiger partial charge in [0.2, 0.25) is 11.8 Å². The van der Waals surface area contributed by atoms with Crippen molar-refractivity contribution in [3.8, 4) is 0 Å². The number of aliphatic hydroxyl groups is 1. The number of carbonyl (C=O) groups is 2. The summed E-state index contributed by atoms with van der Waals surface area (Å²) >= 11 is 0. The van der Waals surface area contributed by atoms with Crippen molar-refractivity contribution in [3.05, 3.63) is 70.5 Å². The molecule has 1 fully saturated rings. The van der Waals surface area contributed by atoms with Gasteiger partial charge in [-0.2, -0.15) is 0 Å². The van der Waals surface area contributed by atoms with Crippen molar-refractivity contribution in [2.75, 3.05) is 13.1 Å². The van der Waals surface area contributed by atoms with Gasteiger partial charge in [-0.05, 0) is 48.2 Å². The van der Waals surface area contributed by atoms with Gasteiger partial charge in [-0.25, -0.2) is 4.39 Å². The molecule has 3 atom stereocenters. The number of oxime groups is 1. The third-order valence-electron chi connectivity index (χ3n) is 6.28. The number of halogens is 1. The molecule has 0 spiro atoms. The number of hydrogen-bond donors (Lipinski definition) is 2. The molecule has 2 aliphatic heterocycles. The van der Waals surface area contributed by atoms with Crippen LogP contribution in [-0.4, -0.2) is 58.9 Å². The number of nitrogens with zero attached hydrogens (tertiary/aromatic N) is 2. The first-order valence-corrected chi connectivity index (χ1v) is 11.1. The molecule has 0 aliphatic carbocycles. The van der Waals surface area contributed by atoms with E-state index in [0.29, 0.717) is 6.42 Å². The van der Waals surface area contributed by atoms with E-state index < -0.39 is 23.9 Å². The summed E-state index contributed by atoms with van der Waals surface area (Å²) in [6.45, 7) is 4.38. The normalized spacial score (nSPS) is 22.1. The Hall–Kier alpha value is -3.26. The standard InChI is InChI=1S/C25H28FN3O4/c1-15-7-8-18(9-16(15)2)22-12-20(33-28-22)13-27-25(32)23-11-19(30)14-29(23)24(31)10-17-5-3-4-6-21(17)26/h3-9,19-20,23,30H,10-14H2,1-2H3,(H,27,32). The van der Waals surface area contributed by atoms with Crippen LogP contribution in [0.15, 0.2) is 47.6 Å². The van der Waals surface area contributed by atoms with Crippen LogP contribution in [0, 0.1) is 19.7 Å². The lowest BCUT2D eigenvalue weighted by atomic mass is 10.0. The molecule has 2 aromatic carbocycles. The number of likely N-dealkylation sites (tertiary alicyclic amines) is 1. The summed E-state index contributed by atoms with van der Waals surface area (Å²) in [5.41, 5.74) is 4.46. The van der Waals surface area contributed by atoms with E-state index in [-0.39, 0.29) is 43.5 Å². The van der Waals surface area contributed by atoms with Crippen molar-refractivity contribution in [2.24, 2.45) is 5.16 Å². The highest BCUT2D eigenvalue weighted by Gasteiger charge is 2.39. The van der Waals surface area contributed by atoms with Crippen molar-refractivity contribution < 1.29 is 23.9 Å². The van der Waals surface area contributed by atoms with Gasteiger partial charge in [0.05, 0.1) is 24.8 Å². The molecule has 2 amide bonds. The number of aryl methyl sites for hydroxylation is 2. The minimum atomic E-state index is -0.805. The van der Waals surface area contributed by atoms with Crippen molar-refractivity contribution in [1.82, 2.24) is 10.2 Å². The van der Waals surface area contributed by atoms with Crippen LogP contribution in [-0.2, 0) is 20.8 Å². The van der Waals surface area contributed by atoms with E-state index in [1.165, 1.54) is 22.1 Å². The summed E-state index contributed by atoms with van der Waals surface area (Å²) in [5, 5.41) is 17.1. The summed E-state index contributed by atoms with van der Waals surface area (Å²) in [6.07, 6.45) is -0.564. The summed E-state index contributed by atoms with van der Waals surface area (Å²) in [5.74, 6) is -1.23. The molecule has 2 N–H and O–H groups in total. The predicted molar refractivity (Wildman–Crippen MR) is 121 cm³/mol. The van der Waals surface area contributed by atoms with E-state index in [0.717, 1.165) is 11.3 Å². The monoisotopic (exact) mass is 453 g/mol. The van der Waals surface area contributed by atoms with Crippen LogP contribution in [0.1, 0.15) is 35.1 Å². The maximum absolute atomic E-state index is 13.9. The molecule has 2 aromatic rings. The molecule has 33 heavy (non-hydrogen) atoms. The molecule has 7 nitrogen and oxygen atoms in total. The zero-order chi connectivity index (χ0) is 23.5. The summed E-state index contributed by atoms with van der Waals surface area (Å²) < 4.78 is 13.9. The summed E-state index contributed by atoms with van der Waals surface area (Å²) in [6, 6.07) is 11.4. The van der Waals surface area contributed by atoms with Crippen molar-refractivity contribution >= 4 is 17.5 Å². The number of hydrogen-bond acceptors (Lipinski definition) is 5. The minimum absolute atomic E-state index is 0.0470. The molecule has 0 saturated carbocycles. The van der Waals surface area contributed by atoms with Gasteiger partial charge in [0.25, 0.3) is 0 Å². The van der Waals surface area contributed by atoms with Crippen LogP contribution in [0.4, 0.5) is 4.39 Å². The van der Waals surface area contributed by atoms with Crippen molar-refractivity contribution in [2.45, 2.75) is 51.4 Å².